The number of ether oxygens (including phenoxy) is 1. The third-order valence-electron chi connectivity index (χ3n) is 3.86. The van der Waals surface area contributed by atoms with E-state index in [1.54, 1.807) is 19.2 Å². The summed E-state index contributed by atoms with van der Waals surface area (Å²) >= 11 is 0. The smallest absolute Gasteiger partial charge is 0.132 e. The number of hydrogen-bond acceptors (Lipinski definition) is 5. The number of aryl methyl sites for hydroxylation is 1. The molecule has 0 atom stereocenters. The normalized spacial score (nSPS) is 10.4. The monoisotopic (exact) mass is 352 g/mol. The van der Waals surface area contributed by atoms with Gasteiger partial charge in [0.25, 0.3) is 0 Å². The largest absolute Gasteiger partial charge is 0.497 e. The lowest BCUT2D eigenvalue weighted by atomic mass is 10.2. The summed E-state index contributed by atoms with van der Waals surface area (Å²) in [5.41, 5.74) is 2.11. The van der Waals surface area contributed by atoms with Crippen LogP contribution < -0.4 is 15.4 Å². The van der Waals surface area contributed by atoms with Crippen LogP contribution in [0.1, 0.15) is 17.0 Å². The van der Waals surface area contributed by atoms with Crippen LogP contribution in [0.25, 0.3) is 0 Å². The van der Waals surface area contributed by atoms with Crippen molar-refractivity contribution in [1.29, 1.82) is 0 Å². The van der Waals surface area contributed by atoms with Crippen molar-refractivity contribution >= 4 is 11.6 Å². The van der Waals surface area contributed by atoms with Crippen LogP contribution in [0.4, 0.5) is 16.0 Å². The maximum atomic E-state index is 13.0. The summed E-state index contributed by atoms with van der Waals surface area (Å²) in [6.45, 7) is 3.06. The molecule has 0 aliphatic heterocycles. The number of aromatic nitrogens is 2. The molecule has 0 unspecified atom stereocenters. The number of rotatable bonds is 7. The van der Waals surface area contributed by atoms with Crippen LogP contribution in [0, 0.1) is 12.7 Å². The number of anilines is 2. The predicted molar refractivity (Wildman–Crippen MR) is 101 cm³/mol. The van der Waals surface area contributed by atoms with Crippen molar-refractivity contribution in [2.75, 3.05) is 17.7 Å². The molecule has 0 aliphatic carbocycles. The molecule has 2 aromatic carbocycles. The fourth-order valence-electron chi connectivity index (χ4n) is 2.48. The highest BCUT2D eigenvalue weighted by Gasteiger charge is 2.03. The lowest BCUT2D eigenvalue weighted by molar-refractivity contribution is 0.414. The van der Waals surface area contributed by atoms with Gasteiger partial charge in [0, 0.05) is 19.2 Å². The van der Waals surface area contributed by atoms with E-state index in [2.05, 4.69) is 20.6 Å². The van der Waals surface area contributed by atoms with Crippen LogP contribution in [-0.4, -0.2) is 17.1 Å². The summed E-state index contributed by atoms with van der Waals surface area (Å²) in [5, 5.41) is 6.55. The molecule has 1 heterocycles. The Balaban J connectivity index is 1.61. The first kappa shape index (κ1) is 17.7. The van der Waals surface area contributed by atoms with E-state index in [1.165, 1.54) is 12.1 Å². The number of methoxy groups -OCH3 is 1. The minimum atomic E-state index is -0.239. The van der Waals surface area contributed by atoms with Crippen LogP contribution >= 0.6 is 0 Å². The number of nitrogens with one attached hydrogen (secondary N) is 2. The van der Waals surface area contributed by atoms with Crippen molar-refractivity contribution in [3.63, 3.8) is 0 Å². The molecule has 26 heavy (non-hydrogen) atoms. The summed E-state index contributed by atoms with van der Waals surface area (Å²) < 4.78 is 18.1. The number of hydrogen-bond donors (Lipinski definition) is 2. The lowest BCUT2D eigenvalue weighted by Gasteiger charge is -2.11. The molecule has 0 fully saturated rings. The van der Waals surface area contributed by atoms with Gasteiger partial charge in [0.15, 0.2) is 0 Å². The highest BCUT2D eigenvalue weighted by atomic mass is 19.1. The van der Waals surface area contributed by atoms with Crippen LogP contribution in [0.2, 0.25) is 0 Å². The van der Waals surface area contributed by atoms with Gasteiger partial charge in [-0.05, 0) is 42.3 Å². The molecule has 3 aromatic rings. The van der Waals surface area contributed by atoms with Crippen molar-refractivity contribution in [2.24, 2.45) is 0 Å². The van der Waals surface area contributed by atoms with Crippen LogP contribution in [0.15, 0.2) is 54.6 Å². The summed E-state index contributed by atoms with van der Waals surface area (Å²) in [5.74, 6) is 2.73. The first-order valence-corrected chi connectivity index (χ1v) is 8.33. The summed E-state index contributed by atoms with van der Waals surface area (Å²) in [7, 11) is 1.65. The minimum absolute atomic E-state index is 0.239. The molecule has 3 rings (SSSR count). The third kappa shape index (κ3) is 4.92. The molecule has 134 valence electrons. The molecule has 5 nitrogen and oxygen atoms in total. The Morgan fingerprint density at radius 2 is 1.35 bits per heavy atom. The average molecular weight is 352 g/mol. The van der Waals surface area contributed by atoms with Crippen molar-refractivity contribution < 1.29 is 9.13 Å². The molecule has 0 saturated heterocycles. The molecule has 0 radical (unpaired) electrons. The summed E-state index contributed by atoms with van der Waals surface area (Å²) in [6.07, 6.45) is 0. The second kappa shape index (κ2) is 8.29. The van der Waals surface area contributed by atoms with Gasteiger partial charge < -0.3 is 15.4 Å². The quantitative estimate of drug-likeness (QED) is 0.669. The zero-order valence-corrected chi connectivity index (χ0v) is 14.8. The Morgan fingerprint density at radius 1 is 0.846 bits per heavy atom. The minimum Gasteiger partial charge on any atom is -0.497 e. The Labute approximate surface area is 152 Å². The van der Waals surface area contributed by atoms with E-state index in [1.807, 2.05) is 37.3 Å². The van der Waals surface area contributed by atoms with Gasteiger partial charge in [0.05, 0.1) is 7.11 Å². The molecule has 6 heteroatoms. The predicted octanol–water partition coefficient (Wildman–Crippen LogP) is 4.16. The van der Waals surface area contributed by atoms with Gasteiger partial charge in [-0.15, -0.1) is 0 Å². The molecule has 0 amide bonds. The van der Waals surface area contributed by atoms with Crippen LogP contribution in [0.5, 0.6) is 5.75 Å². The molecule has 2 N–H and O–H groups in total. The maximum absolute atomic E-state index is 13.0. The van der Waals surface area contributed by atoms with E-state index in [0.717, 1.165) is 28.5 Å². The molecule has 0 spiro atoms. The van der Waals surface area contributed by atoms with E-state index >= 15 is 0 Å². The molecule has 0 saturated carbocycles. The standard InChI is InChI=1S/C20H21FN4O/c1-14-24-19(22-12-15-3-7-17(21)8-4-15)11-20(25-14)23-13-16-5-9-18(26-2)10-6-16/h3-11H,12-13H2,1-2H3,(H2,22,23,24,25). The van der Waals surface area contributed by atoms with Crippen LogP contribution in [-0.2, 0) is 13.1 Å². The Morgan fingerprint density at radius 3 is 1.85 bits per heavy atom. The molecular weight excluding hydrogens is 331 g/mol. The summed E-state index contributed by atoms with van der Waals surface area (Å²) in [4.78, 5) is 8.80. The van der Waals surface area contributed by atoms with Crippen molar-refractivity contribution in [3.8, 4) is 5.75 Å². The van der Waals surface area contributed by atoms with Crippen LogP contribution in [0.3, 0.4) is 0 Å². The van der Waals surface area contributed by atoms with Gasteiger partial charge in [-0.3, -0.25) is 0 Å². The molecule has 1 aromatic heterocycles. The van der Waals surface area contributed by atoms with Crippen molar-refractivity contribution in [3.05, 3.63) is 77.4 Å². The highest BCUT2D eigenvalue weighted by molar-refractivity contribution is 5.48. The van der Waals surface area contributed by atoms with E-state index in [4.69, 9.17) is 4.74 Å². The van der Waals surface area contributed by atoms with E-state index in [9.17, 15) is 4.39 Å². The zero-order chi connectivity index (χ0) is 18.4. The first-order chi connectivity index (χ1) is 12.6. The van der Waals surface area contributed by atoms with Gasteiger partial charge in [0.2, 0.25) is 0 Å². The fraction of sp³-hybridized carbons (Fsp3) is 0.200. The van der Waals surface area contributed by atoms with Gasteiger partial charge in [0.1, 0.15) is 29.0 Å². The molecule has 0 bridgehead atoms. The SMILES string of the molecule is COc1ccc(CNc2cc(NCc3ccc(F)cc3)nc(C)n2)cc1. The zero-order valence-electron chi connectivity index (χ0n) is 14.8. The van der Waals surface area contributed by atoms with Crippen molar-refractivity contribution in [1.82, 2.24) is 9.97 Å². The number of nitrogens with zero attached hydrogens (tertiary/aromatic N) is 2. The topological polar surface area (TPSA) is 59.1 Å². The lowest BCUT2D eigenvalue weighted by Crippen LogP contribution is -2.07. The fourth-order valence-corrected chi connectivity index (χ4v) is 2.48. The maximum Gasteiger partial charge on any atom is 0.132 e. The van der Waals surface area contributed by atoms with Gasteiger partial charge in [-0.1, -0.05) is 24.3 Å². The number of benzene rings is 2. The Kier molecular flexibility index (Phi) is 5.63. The third-order valence-corrected chi connectivity index (χ3v) is 3.86. The second-order valence-corrected chi connectivity index (χ2v) is 5.87. The second-order valence-electron chi connectivity index (χ2n) is 5.87. The Hall–Kier alpha value is -3.15. The first-order valence-electron chi connectivity index (χ1n) is 8.33. The summed E-state index contributed by atoms with van der Waals surface area (Å²) in [6, 6.07) is 16.1. The highest BCUT2D eigenvalue weighted by Crippen LogP contribution is 2.15. The van der Waals surface area contributed by atoms with Crippen molar-refractivity contribution in [2.45, 2.75) is 20.0 Å². The molecule has 0 aliphatic rings. The van der Waals surface area contributed by atoms with E-state index in [-0.39, 0.29) is 5.82 Å². The van der Waals surface area contributed by atoms with Gasteiger partial charge in [-0.2, -0.15) is 0 Å². The van der Waals surface area contributed by atoms with Gasteiger partial charge in [-0.25, -0.2) is 14.4 Å². The van der Waals surface area contributed by atoms with E-state index < -0.39 is 0 Å². The van der Waals surface area contributed by atoms with Gasteiger partial charge >= 0.3 is 0 Å². The molecular formula is C20H21FN4O. The number of halogens is 1. The Bertz CT molecular complexity index is 851. The average Bonchev–Trinajstić information content (AvgIpc) is 2.66. The van der Waals surface area contributed by atoms with E-state index in [0.29, 0.717) is 18.9 Å².